The lowest BCUT2D eigenvalue weighted by molar-refractivity contribution is -0.146. The molecule has 0 N–H and O–H groups in total. The molecule has 0 aliphatic carbocycles. The van der Waals surface area contributed by atoms with Crippen molar-refractivity contribution in [2.45, 2.75) is 26.2 Å². The Kier molecular flexibility index (Phi) is 2.96. The molecular weight excluding hydrogens is 232 g/mol. The number of ether oxygens (including phenoxy) is 1. The molecule has 2 nitrogen and oxygen atoms in total. The highest BCUT2D eigenvalue weighted by atomic mass is 32.1. The number of hydrogen-bond donors (Lipinski definition) is 0. The summed E-state index contributed by atoms with van der Waals surface area (Å²) < 4.78 is 6.13. The highest BCUT2D eigenvalue weighted by molar-refractivity contribution is 7.19. The van der Waals surface area contributed by atoms with E-state index in [0.717, 1.165) is 10.9 Å². The van der Waals surface area contributed by atoms with E-state index in [1.807, 2.05) is 26.0 Å². The summed E-state index contributed by atoms with van der Waals surface area (Å²) in [4.78, 5) is 13.1. The van der Waals surface area contributed by atoms with Gasteiger partial charge in [0.25, 0.3) is 0 Å². The van der Waals surface area contributed by atoms with Gasteiger partial charge in [-0.25, -0.2) is 0 Å². The molecule has 2 rings (SSSR count). The third kappa shape index (κ3) is 1.84. The predicted molar refractivity (Wildman–Crippen MR) is 71.6 cm³/mol. The van der Waals surface area contributed by atoms with Crippen LogP contribution >= 0.6 is 11.3 Å². The number of carbonyl (C=O) groups is 1. The van der Waals surface area contributed by atoms with Gasteiger partial charge in [0.1, 0.15) is 0 Å². The fourth-order valence-corrected chi connectivity index (χ4v) is 3.53. The fourth-order valence-electron chi connectivity index (χ4n) is 2.30. The predicted octanol–water partition coefficient (Wildman–Crippen LogP) is 3.66. The molecule has 1 aromatic heterocycles. The topological polar surface area (TPSA) is 26.3 Å². The van der Waals surface area contributed by atoms with E-state index in [0.29, 0.717) is 0 Å². The minimum atomic E-state index is -0.599. The first-order chi connectivity index (χ1) is 7.98. The van der Waals surface area contributed by atoms with Crippen LogP contribution in [-0.2, 0) is 14.9 Å². The third-order valence-electron chi connectivity index (χ3n) is 3.09. The van der Waals surface area contributed by atoms with Crippen LogP contribution in [0.25, 0.3) is 10.1 Å². The van der Waals surface area contributed by atoms with E-state index >= 15 is 0 Å². The van der Waals surface area contributed by atoms with E-state index in [4.69, 9.17) is 4.74 Å². The summed E-state index contributed by atoms with van der Waals surface area (Å²) in [7, 11) is 1.44. The Morgan fingerprint density at radius 2 is 1.94 bits per heavy atom. The van der Waals surface area contributed by atoms with Crippen LogP contribution in [0.3, 0.4) is 0 Å². The molecule has 0 amide bonds. The summed E-state index contributed by atoms with van der Waals surface area (Å²) in [5, 5.41) is 1.16. The van der Waals surface area contributed by atoms with Crippen LogP contribution in [0.1, 0.15) is 24.3 Å². The van der Waals surface area contributed by atoms with Crippen molar-refractivity contribution in [2.75, 3.05) is 7.11 Å². The van der Waals surface area contributed by atoms with Crippen molar-refractivity contribution in [3.63, 3.8) is 0 Å². The van der Waals surface area contributed by atoms with Gasteiger partial charge >= 0.3 is 5.97 Å². The van der Waals surface area contributed by atoms with Gasteiger partial charge < -0.3 is 4.74 Å². The minimum Gasteiger partial charge on any atom is -0.468 e. The van der Waals surface area contributed by atoms with Gasteiger partial charge in [0, 0.05) is 9.58 Å². The normalized spacial score (nSPS) is 11.8. The quantitative estimate of drug-likeness (QED) is 0.758. The van der Waals surface area contributed by atoms with Crippen LogP contribution in [0.15, 0.2) is 24.3 Å². The summed E-state index contributed by atoms with van der Waals surface area (Å²) in [6.45, 7) is 5.89. The molecule has 1 heterocycles. The van der Waals surface area contributed by atoms with Crippen molar-refractivity contribution in [1.82, 2.24) is 0 Å². The molecule has 0 saturated heterocycles. The molecule has 0 aliphatic rings. The molecule has 3 heteroatoms. The molecule has 0 saturated carbocycles. The molecule has 0 spiro atoms. The fraction of sp³-hybridized carbons (Fsp3) is 0.357. The van der Waals surface area contributed by atoms with Gasteiger partial charge in [-0.3, -0.25) is 4.79 Å². The van der Waals surface area contributed by atoms with E-state index in [1.165, 1.54) is 16.7 Å². The summed E-state index contributed by atoms with van der Waals surface area (Å²) in [6, 6.07) is 8.18. The van der Waals surface area contributed by atoms with Crippen molar-refractivity contribution in [3.05, 3.63) is 34.7 Å². The Morgan fingerprint density at radius 1 is 1.29 bits per heavy atom. The van der Waals surface area contributed by atoms with E-state index in [2.05, 4.69) is 19.1 Å². The molecule has 17 heavy (non-hydrogen) atoms. The Bertz CT molecular complexity index is 567. The maximum atomic E-state index is 11.9. The average Bonchev–Trinajstić information content (AvgIpc) is 2.64. The highest BCUT2D eigenvalue weighted by Gasteiger charge is 2.34. The smallest absolute Gasteiger partial charge is 0.315 e. The lowest BCUT2D eigenvalue weighted by Gasteiger charge is -2.22. The van der Waals surface area contributed by atoms with Gasteiger partial charge in [-0.2, -0.15) is 0 Å². The number of carbonyl (C=O) groups excluding carboxylic acids is 1. The SMILES string of the molecule is COC(=O)C(C)(C)c1c(C)sc2ccccc12. The summed E-state index contributed by atoms with van der Waals surface area (Å²) >= 11 is 1.73. The summed E-state index contributed by atoms with van der Waals surface area (Å²) in [6.07, 6.45) is 0. The second-order valence-corrected chi connectivity index (χ2v) is 5.90. The summed E-state index contributed by atoms with van der Waals surface area (Å²) in [5.41, 5.74) is 0.489. The van der Waals surface area contributed by atoms with Crippen molar-refractivity contribution < 1.29 is 9.53 Å². The van der Waals surface area contributed by atoms with Gasteiger partial charge in [-0.1, -0.05) is 18.2 Å². The number of rotatable bonds is 2. The van der Waals surface area contributed by atoms with Gasteiger partial charge in [0.05, 0.1) is 12.5 Å². The van der Waals surface area contributed by atoms with Crippen LogP contribution in [0.4, 0.5) is 0 Å². The van der Waals surface area contributed by atoms with Crippen LogP contribution < -0.4 is 0 Å². The second-order valence-electron chi connectivity index (χ2n) is 4.65. The minimum absolute atomic E-state index is 0.191. The van der Waals surface area contributed by atoms with Gasteiger partial charge in [-0.05, 0) is 37.8 Å². The van der Waals surface area contributed by atoms with E-state index in [1.54, 1.807) is 11.3 Å². The zero-order chi connectivity index (χ0) is 12.6. The maximum Gasteiger partial charge on any atom is 0.315 e. The molecule has 0 bridgehead atoms. The van der Waals surface area contributed by atoms with Gasteiger partial charge in [0.15, 0.2) is 0 Å². The Balaban J connectivity index is 2.70. The second kappa shape index (κ2) is 4.15. The standard InChI is InChI=1S/C14H16O2S/c1-9-12(14(2,3)13(15)16-4)10-7-5-6-8-11(10)17-9/h5-8H,1-4H3. The van der Waals surface area contributed by atoms with Crippen LogP contribution in [0.2, 0.25) is 0 Å². The zero-order valence-corrected chi connectivity index (χ0v) is 11.4. The monoisotopic (exact) mass is 248 g/mol. The molecule has 0 atom stereocenters. The van der Waals surface area contributed by atoms with Crippen LogP contribution in [-0.4, -0.2) is 13.1 Å². The van der Waals surface area contributed by atoms with Crippen LogP contribution in [0, 0.1) is 6.92 Å². The lowest BCUT2D eigenvalue weighted by atomic mass is 9.83. The Labute approximate surface area is 105 Å². The largest absolute Gasteiger partial charge is 0.468 e. The van der Waals surface area contributed by atoms with Crippen molar-refractivity contribution >= 4 is 27.4 Å². The van der Waals surface area contributed by atoms with Crippen LogP contribution in [0.5, 0.6) is 0 Å². The average molecular weight is 248 g/mol. The first-order valence-corrected chi connectivity index (χ1v) is 6.37. The molecule has 0 unspecified atom stereocenters. The number of aryl methyl sites for hydroxylation is 1. The molecule has 0 aliphatic heterocycles. The number of thiophene rings is 1. The lowest BCUT2D eigenvalue weighted by Crippen LogP contribution is -2.30. The highest BCUT2D eigenvalue weighted by Crippen LogP contribution is 2.39. The third-order valence-corrected chi connectivity index (χ3v) is 4.18. The summed E-state index contributed by atoms with van der Waals surface area (Å²) in [5.74, 6) is -0.191. The molecule has 0 fully saturated rings. The van der Waals surface area contributed by atoms with Crippen molar-refractivity contribution in [2.24, 2.45) is 0 Å². The van der Waals surface area contributed by atoms with Gasteiger partial charge in [-0.15, -0.1) is 11.3 Å². The van der Waals surface area contributed by atoms with E-state index in [9.17, 15) is 4.79 Å². The number of benzene rings is 1. The molecule has 0 radical (unpaired) electrons. The number of methoxy groups -OCH3 is 1. The zero-order valence-electron chi connectivity index (χ0n) is 10.5. The number of esters is 1. The molecule has 90 valence electrons. The first-order valence-electron chi connectivity index (χ1n) is 5.55. The van der Waals surface area contributed by atoms with Crippen molar-refractivity contribution in [1.29, 1.82) is 0 Å². The Morgan fingerprint density at radius 3 is 2.59 bits per heavy atom. The van der Waals surface area contributed by atoms with E-state index < -0.39 is 5.41 Å². The Hall–Kier alpha value is -1.35. The molecule has 2 aromatic rings. The number of hydrogen-bond acceptors (Lipinski definition) is 3. The molecule has 1 aromatic carbocycles. The molecular formula is C14H16O2S. The van der Waals surface area contributed by atoms with Crippen molar-refractivity contribution in [3.8, 4) is 0 Å². The van der Waals surface area contributed by atoms with E-state index in [-0.39, 0.29) is 5.97 Å². The van der Waals surface area contributed by atoms with Gasteiger partial charge in [0.2, 0.25) is 0 Å². The first kappa shape index (κ1) is 12.1. The number of fused-ring (bicyclic) bond motifs is 1. The maximum absolute atomic E-state index is 11.9.